The fourth-order valence-corrected chi connectivity index (χ4v) is 3.31. The van der Waals surface area contributed by atoms with Gasteiger partial charge in [-0.15, -0.1) is 0 Å². The van der Waals surface area contributed by atoms with Crippen molar-refractivity contribution in [1.29, 1.82) is 0 Å². The Hall–Kier alpha value is -1.47. The molecule has 0 atom stereocenters. The summed E-state index contributed by atoms with van der Waals surface area (Å²) in [5.74, 6) is -1.43. The Bertz CT molecular complexity index is 728. The fraction of sp³-hybridized carbons (Fsp3) is 0.333. The van der Waals surface area contributed by atoms with E-state index in [1.54, 1.807) is 10.7 Å². The van der Waals surface area contributed by atoms with Gasteiger partial charge in [-0.1, -0.05) is 11.6 Å². The molecule has 0 radical (unpaired) electrons. The van der Waals surface area contributed by atoms with Gasteiger partial charge in [0.25, 0.3) is 0 Å². The molecule has 2 aromatic rings. The highest BCUT2D eigenvalue weighted by atomic mass is 35.5. The Labute approximate surface area is 121 Å². The van der Waals surface area contributed by atoms with E-state index in [-0.39, 0.29) is 16.9 Å². The van der Waals surface area contributed by atoms with Crippen molar-refractivity contribution >= 4 is 21.4 Å². The topological polar surface area (TPSA) is 64.8 Å². The Kier molecular flexibility index (Phi) is 4.10. The minimum atomic E-state index is -3.84. The van der Waals surface area contributed by atoms with Crippen molar-refractivity contribution in [3.05, 3.63) is 41.2 Å². The van der Waals surface area contributed by atoms with E-state index in [4.69, 9.17) is 11.6 Å². The summed E-state index contributed by atoms with van der Waals surface area (Å²) in [4.78, 5) is 2.86. The Balaban J connectivity index is 2.38. The van der Waals surface area contributed by atoms with Gasteiger partial charge in [0, 0.05) is 12.2 Å². The van der Waals surface area contributed by atoms with Crippen LogP contribution >= 0.6 is 11.6 Å². The van der Waals surface area contributed by atoms with Crippen LogP contribution in [-0.2, 0) is 15.6 Å². The highest BCUT2D eigenvalue weighted by Gasteiger charge is 2.23. The predicted molar refractivity (Wildman–Crippen MR) is 72.7 cm³/mol. The summed E-state index contributed by atoms with van der Waals surface area (Å²) in [6.45, 7) is 3.76. The molecule has 0 unspecified atom stereocenters. The SMILES string of the molecule is CC(C)n1nccc1CS(=O)(=O)c1ccc(Cl)nc1F. The summed E-state index contributed by atoms with van der Waals surface area (Å²) in [5, 5.41) is 3.96. The smallest absolute Gasteiger partial charge is 0.233 e. The fourth-order valence-electron chi connectivity index (χ4n) is 1.82. The van der Waals surface area contributed by atoms with E-state index in [1.807, 2.05) is 13.8 Å². The van der Waals surface area contributed by atoms with Gasteiger partial charge in [0.05, 0.1) is 11.4 Å². The van der Waals surface area contributed by atoms with Crippen LogP contribution in [0.4, 0.5) is 4.39 Å². The van der Waals surface area contributed by atoms with Gasteiger partial charge in [0.15, 0.2) is 9.84 Å². The maximum Gasteiger partial charge on any atom is 0.233 e. The second-order valence-electron chi connectivity index (χ2n) is 4.54. The molecule has 2 heterocycles. The van der Waals surface area contributed by atoms with Crippen molar-refractivity contribution in [3.8, 4) is 0 Å². The molecule has 20 heavy (non-hydrogen) atoms. The molecule has 0 saturated heterocycles. The lowest BCUT2D eigenvalue weighted by molar-refractivity contribution is 0.511. The Morgan fingerprint density at radius 3 is 2.65 bits per heavy atom. The molecule has 0 aliphatic rings. The first-order valence-electron chi connectivity index (χ1n) is 5.88. The van der Waals surface area contributed by atoms with Crippen molar-refractivity contribution in [2.75, 3.05) is 0 Å². The van der Waals surface area contributed by atoms with Crippen LogP contribution in [0, 0.1) is 5.95 Å². The lowest BCUT2D eigenvalue weighted by Gasteiger charge is -2.11. The molecule has 5 nitrogen and oxygen atoms in total. The van der Waals surface area contributed by atoms with Crippen LogP contribution in [0.15, 0.2) is 29.3 Å². The van der Waals surface area contributed by atoms with E-state index in [0.717, 1.165) is 6.07 Å². The van der Waals surface area contributed by atoms with Gasteiger partial charge in [0.2, 0.25) is 5.95 Å². The molecule has 0 amide bonds. The number of nitrogens with zero attached hydrogens (tertiary/aromatic N) is 3. The van der Waals surface area contributed by atoms with Crippen LogP contribution in [0.3, 0.4) is 0 Å². The van der Waals surface area contributed by atoms with Crippen molar-refractivity contribution in [1.82, 2.24) is 14.8 Å². The predicted octanol–water partition coefficient (Wildman–Crippen LogP) is 2.63. The molecule has 0 N–H and O–H groups in total. The van der Waals surface area contributed by atoms with E-state index in [2.05, 4.69) is 10.1 Å². The molecule has 0 spiro atoms. The molecule has 2 aromatic heterocycles. The highest BCUT2D eigenvalue weighted by Crippen LogP contribution is 2.21. The average Bonchev–Trinajstić information content (AvgIpc) is 2.75. The summed E-state index contributed by atoms with van der Waals surface area (Å²) in [7, 11) is -3.84. The number of rotatable bonds is 4. The second-order valence-corrected chi connectivity index (χ2v) is 6.89. The molecular weight excluding hydrogens is 305 g/mol. The van der Waals surface area contributed by atoms with Crippen LogP contribution in [0.5, 0.6) is 0 Å². The molecule has 2 rings (SSSR count). The summed E-state index contributed by atoms with van der Waals surface area (Å²) in [6, 6.07) is 3.98. The van der Waals surface area contributed by atoms with Crippen LogP contribution in [0.2, 0.25) is 5.15 Å². The molecule has 0 aliphatic heterocycles. The number of hydrogen-bond acceptors (Lipinski definition) is 4. The third kappa shape index (κ3) is 2.99. The Morgan fingerprint density at radius 2 is 2.05 bits per heavy atom. The molecule has 0 aliphatic carbocycles. The zero-order chi connectivity index (χ0) is 14.9. The quantitative estimate of drug-likeness (QED) is 0.813. The molecule has 8 heteroatoms. The maximum atomic E-state index is 13.6. The summed E-state index contributed by atoms with van der Waals surface area (Å²) in [6.07, 6.45) is 1.52. The number of aromatic nitrogens is 3. The van der Waals surface area contributed by atoms with Crippen LogP contribution in [0.1, 0.15) is 25.6 Å². The first kappa shape index (κ1) is 14.9. The third-order valence-corrected chi connectivity index (χ3v) is 4.56. The first-order chi connectivity index (χ1) is 9.31. The number of hydrogen-bond donors (Lipinski definition) is 0. The lowest BCUT2D eigenvalue weighted by Crippen LogP contribution is -2.14. The highest BCUT2D eigenvalue weighted by molar-refractivity contribution is 7.90. The lowest BCUT2D eigenvalue weighted by atomic mass is 10.4. The summed E-state index contributed by atoms with van der Waals surface area (Å²) < 4.78 is 39.7. The van der Waals surface area contributed by atoms with Crippen LogP contribution in [0.25, 0.3) is 0 Å². The molecule has 0 saturated carbocycles. The average molecular weight is 318 g/mol. The summed E-state index contributed by atoms with van der Waals surface area (Å²) >= 11 is 5.52. The van der Waals surface area contributed by atoms with E-state index in [0.29, 0.717) is 5.69 Å². The van der Waals surface area contributed by atoms with Crippen LogP contribution in [-0.4, -0.2) is 23.2 Å². The van der Waals surface area contributed by atoms with Crippen molar-refractivity contribution in [2.24, 2.45) is 0 Å². The third-order valence-electron chi connectivity index (χ3n) is 2.69. The molecule has 0 aromatic carbocycles. The van der Waals surface area contributed by atoms with Crippen molar-refractivity contribution in [3.63, 3.8) is 0 Å². The first-order valence-corrected chi connectivity index (χ1v) is 7.91. The van der Waals surface area contributed by atoms with Gasteiger partial charge in [-0.2, -0.15) is 9.49 Å². The Morgan fingerprint density at radius 1 is 1.35 bits per heavy atom. The normalized spacial score (nSPS) is 12.1. The number of sulfone groups is 1. The molecule has 108 valence electrons. The van der Waals surface area contributed by atoms with Crippen molar-refractivity contribution < 1.29 is 12.8 Å². The molecule has 0 bridgehead atoms. The van der Waals surface area contributed by atoms with Gasteiger partial charge in [-0.25, -0.2) is 13.4 Å². The monoisotopic (exact) mass is 317 g/mol. The summed E-state index contributed by atoms with van der Waals surface area (Å²) in [5.41, 5.74) is 0.495. The zero-order valence-corrected chi connectivity index (χ0v) is 12.5. The van der Waals surface area contributed by atoms with Crippen molar-refractivity contribution in [2.45, 2.75) is 30.5 Å². The zero-order valence-electron chi connectivity index (χ0n) is 10.9. The number of halogens is 2. The standard InChI is InChI=1S/C12H13ClFN3O2S/c1-8(2)17-9(5-6-15-17)7-20(18,19)10-3-4-11(13)16-12(10)14/h3-6,8H,7H2,1-2H3. The molecule has 0 fully saturated rings. The van der Waals surface area contributed by atoms with Gasteiger partial charge < -0.3 is 0 Å². The van der Waals surface area contributed by atoms with Crippen LogP contribution < -0.4 is 0 Å². The van der Waals surface area contributed by atoms with E-state index >= 15 is 0 Å². The van der Waals surface area contributed by atoms with Gasteiger partial charge in [-0.3, -0.25) is 4.68 Å². The van der Waals surface area contributed by atoms with Gasteiger partial charge in [-0.05, 0) is 32.0 Å². The van der Waals surface area contributed by atoms with Gasteiger partial charge >= 0.3 is 0 Å². The van der Waals surface area contributed by atoms with E-state index < -0.39 is 20.7 Å². The second kappa shape index (κ2) is 5.49. The van der Waals surface area contributed by atoms with E-state index in [1.165, 1.54) is 12.3 Å². The minimum absolute atomic E-state index is 0.0170. The minimum Gasteiger partial charge on any atom is -0.266 e. The number of pyridine rings is 1. The largest absolute Gasteiger partial charge is 0.266 e. The van der Waals surface area contributed by atoms with Gasteiger partial charge in [0.1, 0.15) is 10.0 Å². The molecular formula is C12H13ClFN3O2S. The van der Waals surface area contributed by atoms with E-state index in [9.17, 15) is 12.8 Å². The maximum absolute atomic E-state index is 13.6.